The molecule has 0 aromatic heterocycles. The number of hydrogen-bond donors (Lipinski definition) is 1. The molecular weight excluding hydrogens is 293 g/mol. The van der Waals surface area contributed by atoms with Crippen LogP contribution < -0.4 is 5.32 Å². The molecule has 0 saturated carbocycles. The molecule has 0 spiro atoms. The van der Waals surface area contributed by atoms with Gasteiger partial charge in [-0.1, -0.05) is 33.6 Å². The van der Waals surface area contributed by atoms with Gasteiger partial charge in [-0.05, 0) is 43.7 Å². The zero-order valence-electron chi connectivity index (χ0n) is 10.4. The van der Waals surface area contributed by atoms with Gasteiger partial charge in [0.2, 0.25) is 0 Å². The summed E-state index contributed by atoms with van der Waals surface area (Å²) >= 11 is 3.35. The molecule has 0 fully saturated rings. The Balaban J connectivity index is 2.13. The second-order valence-corrected chi connectivity index (χ2v) is 5.32. The van der Waals surface area contributed by atoms with Gasteiger partial charge in [-0.3, -0.25) is 0 Å². The quantitative estimate of drug-likeness (QED) is 0.857. The molecule has 0 radical (unpaired) electrons. The van der Waals surface area contributed by atoms with Crippen molar-refractivity contribution in [3.8, 4) is 0 Å². The van der Waals surface area contributed by atoms with Crippen LogP contribution in [-0.4, -0.2) is 0 Å². The molecule has 2 aromatic rings. The number of hydrogen-bond acceptors (Lipinski definition) is 1. The Labute approximate surface area is 115 Å². The molecule has 94 valence electrons. The summed E-state index contributed by atoms with van der Waals surface area (Å²) < 4.78 is 14.5. The third-order valence-corrected chi connectivity index (χ3v) is 3.35. The lowest BCUT2D eigenvalue weighted by molar-refractivity contribution is 0.612. The summed E-state index contributed by atoms with van der Waals surface area (Å²) in [5, 5.41) is 3.26. The number of halogens is 2. The van der Waals surface area contributed by atoms with E-state index in [1.165, 1.54) is 17.2 Å². The molecule has 0 aliphatic heterocycles. The third-order valence-electron chi connectivity index (χ3n) is 2.86. The summed E-state index contributed by atoms with van der Waals surface area (Å²) in [5.74, 6) is -0.185. The van der Waals surface area contributed by atoms with Crippen LogP contribution in [0.3, 0.4) is 0 Å². The van der Waals surface area contributed by atoms with E-state index in [-0.39, 0.29) is 5.82 Å². The molecule has 0 amide bonds. The van der Waals surface area contributed by atoms with Gasteiger partial charge in [-0.15, -0.1) is 0 Å². The lowest BCUT2D eigenvalue weighted by Crippen LogP contribution is -2.03. The van der Waals surface area contributed by atoms with Crippen molar-refractivity contribution >= 4 is 21.6 Å². The van der Waals surface area contributed by atoms with Gasteiger partial charge in [0.05, 0.1) is 0 Å². The topological polar surface area (TPSA) is 12.0 Å². The molecule has 0 saturated heterocycles. The molecule has 0 aliphatic carbocycles. The van der Waals surface area contributed by atoms with Crippen LogP contribution in [0.2, 0.25) is 0 Å². The third kappa shape index (κ3) is 3.10. The van der Waals surface area contributed by atoms with Crippen molar-refractivity contribution in [2.45, 2.75) is 20.4 Å². The number of aryl methyl sites for hydroxylation is 2. The lowest BCUT2D eigenvalue weighted by atomic mass is 10.1. The average Bonchev–Trinajstić information content (AvgIpc) is 2.32. The Morgan fingerprint density at radius 3 is 2.61 bits per heavy atom. The number of anilines is 1. The van der Waals surface area contributed by atoms with Gasteiger partial charge in [0.25, 0.3) is 0 Å². The summed E-state index contributed by atoms with van der Waals surface area (Å²) in [4.78, 5) is 0. The molecule has 2 rings (SSSR count). The highest BCUT2D eigenvalue weighted by atomic mass is 79.9. The highest BCUT2D eigenvalue weighted by Gasteiger charge is 2.04. The second-order valence-electron chi connectivity index (χ2n) is 4.41. The number of benzene rings is 2. The Kier molecular flexibility index (Phi) is 4.02. The Morgan fingerprint density at radius 2 is 1.89 bits per heavy atom. The summed E-state index contributed by atoms with van der Waals surface area (Å²) in [7, 11) is 0. The van der Waals surface area contributed by atoms with E-state index in [9.17, 15) is 4.39 Å². The van der Waals surface area contributed by atoms with E-state index < -0.39 is 0 Å². The van der Waals surface area contributed by atoms with Crippen molar-refractivity contribution < 1.29 is 4.39 Å². The van der Waals surface area contributed by atoms with Gasteiger partial charge < -0.3 is 5.32 Å². The van der Waals surface area contributed by atoms with Gasteiger partial charge in [-0.25, -0.2) is 4.39 Å². The summed E-state index contributed by atoms with van der Waals surface area (Å²) in [6.45, 7) is 4.59. The first kappa shape index (κ1) is 13.1. The maximum Gasteiger partial charge on any atom is 0.128 e. The molecule has 0 heterocycles. The fourth-order valence-corrected chi connectivity index (χ4v) is 2.29. The van der Waals surface area contributed by atoms with Crippen molar-refractivity contribution in [1.82, 2.24) is 0 Å². The summed E-state index contributed by atoms with van der Waals surface area (Å²) in [5.41, 5.74) is 4.10. The van der Waals surface area contributed by atoms with Crippen molar-refractivity contribution in [1.29, 1.82) is 0 Å². The van der Waals surface area contributed by atoms with Crippen molar-refractivity contribution in [2.75, 3.05) is 5.32 Å². The van der Waals surface area contributed by atoms with E-state index in [1.807, 2.05) is 19.1 Å². The van der Waals surface area contributed by atoms with Gasteiger partial charge in [0.1, 0.15) is 5.82 Å². The predicted octanol–water partition coefficient (Wildman–Crippen LogP) is 4.82. The number of nitrogens with one attached hydrogen (secondary N) is 1. The van der Waals surface area contributed by atoms with Gasteiger partial charge in [-0.2, -0.15) is 0 Å². The minimum Gasteiger partial charge on any atom is -0.381 e. The normalized spacial score (nSPS) is 10.4. The maximum absolute atomic E-state index is 13.6. The molecule has 0 aliphatic rings. The van der Waals surface area contributed by atoms with Crippen molar-refractivity contribution in [3.05, 3.63) is 63.4 Å². The SMILES string of the molecule is Cc1ccc(NCc2cc(Br)ccc2F)c(C)c1. The van der Waals surface area contributed by atoms with Crippen LogP contribution in [0.5, 0.6) is 0 Å². The summed E-state index contributed by atoms with van der Waals surface area (Å²) in [6, 6.07) is 11.2. The smallest absolute Gasteiger partial charge is 0.128 e. The fourth-order valence-electron chi connectivity index (χ4n) is 1.88. The van der Waals surface area contributed by atoms with Gasteiger partial charge in [0, 0.05) is 22.3 Å². The van der Waals surface area contributed by atoms with Crippen LogP contribution in [0, 0.1) is 19.7 Å². The van der Waals surface area contributed by atoms with Crippen LogP contribution in [0.15, 0.2) is 40.9 Å². The fraction of sp³-hybridized carbons (Fsp3) is 0.200. The second kappa shape index (κ2) is 5.53. The zero-order chi connectivity index (χ0) is 13.1. The first-order valence-electron chi connectivity index (χ1n) is 5.81. The van der Waals surface area contributed by atoms with E-state index in [4.69, 9.17) is 0 Å². The molecule has 0 bridgehead atoms. The molecule has 18 heavy (non-hydrogen) atoms. The minimum atomic E-state index is -0.185. The van der Waals surface area contributed by atoms with E-state index in [2.05, 4.69) is 34.2 Å². The minimum absolute atomic E-state index is 0.185. The van der Waals surface area contributed by atoms with E-state index >= 15 is 0 Å². The Hall–Kier alpha value is -1.35. The monoisotopic (exact) mass is 307 g/mol. The van der Waals surface area contributed by atoms with Gasteiger partial charge in [0.15, 0.2) is 0 Å². The van der Waals surface area contributed by atoms with Gasteiger partial charge >= 0.3 is 0 Å². The lowest BCUT2D eigenvalue weighted by Gasteiger charge is -2.11. The van der Waals surface area contributed by atoms with Crippen LogP contribution in [0.4, 0.5) is 10.1 Å². The molecule has 1 nitrogen and oxygen atoms in total. The molecule has 0 unspecified atom stereocenters. The van der Waals surface area contributed by atoms with E-state index in [1.54, 1.807) is 12.1 Å². The average molecular weight is 308 g/mol. The molecule has 2 aromatic carbocycles. The highest BCUT2D eigenvalue weighted by Crippen LogP contribution is 2.20. The standard InChI is InChI=1S/C15H15BrFN/c1-10-3-6-15(11(2)7-10)18-9-12-8-13(16)4-5-14(12)17/h3-8,18H,9H2,1-2H3. The largest absolute Gasteiger partial charge is 0.381 e. The zero-order valence-corrected chi connectivity index (χ0v) is 12.0. The van der Waals surface area contributed by atoms with Crippen molar-refractivity contribution in [2.24, 2.45) is 0 Å². The first-order valence-corrected chi connectivity index (χ1v) is 6.60. The van der Waals surface area contributed by atoms with Crippen LogP contribution in [0.1, 0.15) is 16.7 Å². The first-order chi connectivity index (χ1) is 8.56. The van der Waals surface area contributed by atoms with Crippen LogP contribution in [-0.2, 0) is 6.54 Å². The van der Waals surface area contributed by atoms with Crippen LogP contribution >= 0.6 is 15.9 Å². The molecule has 0 atom stereocenters. The number of rotatable bonds is 3. The highest BCUT2D eigenvalue weighted by molar-refractivity contribution is 9.10. The van der Waals surface area contributed by atoms with Crippen LogP contribution in [0.25, 0.3) is 0 Å². The molecule has 1 N–H and O–H groups in total. The molecule has 3 heteroatoms. The predicted molar refractivity (Wildman–Crippen MR) is 77.3 cm³/mol. The Bertz CT molecular complexity index is 566. The maximum atomic E-state index is 13.6. The van der Waals surface area contributed by atoms with Crippen molar-refractivity contribution in [3.63, 3.8) is 0 Å². The summed E-state index contributed by atoms with van der Waals surface area (Å²) in [6.07, 6.45) is 0. The molecular formula is C15H15BrFN. The Morgan fingerprint density at radius 1 is 1.11 bits per heavy atom. The van der Waals surface area contributed by atoms with E-state index in [0.717, 1.165) is 10.2 Å². The van der Waals surface area contributed by atoms with E-state index in [0.29, 0.717) is 12.1 Å².